The molecule has 1 saturated heterocycles. The third-order valence-electron chi connectivity index (χ3n) is 5.04. The highest BCUT2D eigenvalue weighted by atomic mass is 79.9. The lowest BCUT2D eigenvalue weighted by molar-refractivity contribution is -0.121. The minimum Gasteiger partial charge on any atom is -0.493 e. The molecule has 1 fully saturated rings. The molecule has 1 aromatic carbocycles. The largest absolute Gasteiger partial charge is 0.493 e. The Balaban J connectivity index is 1.52. The highest BCUT2D eigenvalue weighted by Crippen LogP contribution is 2.30. The van der Waals surface area contributed by atoms with Crippen molar-refractivity contribution in [2.24, 2.45) is 0 Å². The number of rotatable bonds is 7. The van der Waals surface area contributed by atoms with Crippen LogP contribution in [0.25, 0.3) is 0 Å². The zero-order valence-electron chi connectivity index (χ0n) is 16.4. The van der Waals surface area contributed by atoms with Crippen LogP contribution < -0.4 is 14.8 Å². The molecule has 1 N–H and O–H groups in total. The molecule has 0 spiro atoms. The average Bonchev–Trinajstić information content (AvgIpc) is 3.12. The summed E-state index contributed by atoms with van der Waals surface area (Å²) in [6, 6.07) is 7.30. The number of piperazine rings is 1. The number of hydrogen-bond acceptors (Lipinski definition) is 6. The Kier molecular flexibility index (Phi) is 7.34. The molecule has 1 aliphatic heterocycles. The third kappa shape index (κ3) is 5.05. The van der Waals surface area contributed by atoms with Gasteiger partial charge in [0.25, 0.3) is 0 Å². The Labute approximate surface area is 178 Å². The van der Waals surface area contributed by atoms with Gasteiger partial charge in [0.1, 0.15) is 0 Å². The summed E-state index contributed by atoms with van der Waals surface area (Å²) >= 11 is 5.38. The van der Waals surface area contributed by atoms with E-state index in [4.69, 9.17) is 9.47 Å². The van der Waals surface area contributed by atoms with Gasteiger partial charge in [-0.15, -0.1) is 11.3 Å². The summed E-state index contributed by atoms with van der Waals surface area (Å²) in [6.07, 6.45) is 0. The lowest BCUT2D eigenvalue weighted by Gasteiger charge is -2.37. The van der Waals surface area contributed by atoms with Crippen LogP contribution in [0.2, 0.25) is 0 Å². The molecule has 8 heteroatoms. The summed E-state index contributed by atoms with van der Waals surface area (Å²) < 4.78 is 11.7. The van der Waals surface area contributed by atoms with Crippen LogP contribution in [-0.2, 0) is 11.3 Å². The maximum absolute atomic E-state index is 12.7. The summed E-state index contributed by atoms with van der Waals surface area (Å²) in [6.45, 7) is 6.59. The van der Waals surface area contributed by atoms with Crippen LogP contribution >= 0.6 is 27.3 Å². The Morgan fingerprint density at radius 3 is 2.50 bits per heavy atom. The Bertz CT molecular complexity index is 806. The maximum Gasteiger partial charge on any atom is 0.241 e. The van der Waals surface area contributed by atoms with Crippen LogP contribution in [0, 0.1) is 0 Å². The number of thiophene rings is 1. The van der Waals surface area contributed by atoms with E-state index >= 15 is 0 Å². The van der Waals surface area contributed by atoms with E-state index in [0.717, 1.165) is 32.7 Å². The molecule has 0 bridgehead atoms. The van der Waals surface area contributed by atoms with Crippen molar-refractivity contribution in [2.45, 2.75) is 19.5 Å². The van der Waals surface area contributed by atoms with Gasteiger partial charge in [-0.25, -0.2) is 0 Å². The first-order valence-electron chi connectivity index (χ1n) is 9.23. The topological polar surface area (TPSA) is 54.0 Å². The number of methoxy groups -OCH3 is 2. The van der Waals surface area contributed by atoms with Gasteiger partial charge in [-0.1, -0.05) is 0 Å². The van der Waals surface area contributed by atoms with Crippen molar-refractivity contribution in [3.05, 3.63) is 39.0 Å². The predicted molar refractivity (Wildman–Crippen MR) is 117 cm³/mol. The van der Waals surface area contributed by atoms with Gasteiger partial charge in [0, 0.05) is 53.8 Å². The normalized spacial score (nSPS) is 16.6. The van der Waals surface area contributed by atoms with Crippen molar-refractivity contribution in [1.82, 2.24) is 9.80 Å². The standard InChI is InChI=1S/C20H26BrN3O3S/c1-14(20(25)22-15-4-5-17(26-2)18(12-15)27-3)24-9-7-23(8-10-24)13-19-16(21)6-11-28-19/h4-6,11-12,14H,7-10,13H2,1-3H3,(H,22,25). The van der Waals surface area contributed by atoms with E-state index in [1.807, 2.05) is 13.0 Å². The molecule has 1 aliphatic rings. The quantitative estimate of drug-likeness (QED) is 0.672. The first kappa shape index (κ1) is 21.1. The fourth-order valence-electron chi connectivity index (χ4n) is 3.28. The van der Waals surface area contributed by atoms with Crippen LogP contribution in [0.5, 0.6) is 11.5 Å². The van der Waals surface area contributed by atoms with Crippen LogP contribution in [-0.4, -0.2) is 62.1 Å². The van der Waals surface area contributed by atoms with Gasteiger partial charge in [-0.05, 0) is 46.4 Å². The number of amides is 1. The van der Waals surface area contributed by atoms with Crippen LogP contribution in [0.3, 0.4) is 0 Å². The number of ether oxygens (including phenoxy) is 2. The second-order valence-corrected chi connectivity index (χ2v) is 8.59. The number of benzene rings is 1. The molecule has 0 aliphatic carbocycles. The molecule has 1 amide bonds. The molecule has 152 valence electrons. The molecule has 1 aromatic heterocycles. The van der Waals surface area contributed by atoms with E-state index < -0.39 is 0 Å². The van der Waals surface area contributed by atoms with Crippen molar-refractivity contribution in [3.63, 3.8) is 0 Å². The molecule has 1 atom stereocenters. The summed E-state index contributed by atoms with van der Waals surface area (Å²) in [7, 11) is 3.18. The number of hydrogen-bond donors (Lipinski definition) is 1. The summed E-state index contributed by atoms with van der Waals surface area (Å²) in [5.41, 5.74) is 0.704. The lowest BCUT2D eigenvalue weighted by Crippen LogP contribution is -2.52. The van der Waals surface area contributed by atoms with Crippen LogP contribution in [0.1, 0.15) is 11.8 Å². The fourth-order valence-corrected chi connectivity index (χ4v) is 4.80. The minimum atomic E-state index is -0.191. The Morgan fingerprint density at radius 1 is 1.18 bits per heavy atom. The molecule has 6 nitrogen and oxygen atoms in total. The molecular formula is C20H26BrN3O3S. The number of anilines is 1. The fraction of sp³-hybridized carbons (Fsp3) is 0.450. The Hall–Kier alpha value is -1.61. The first-order chi connectivity index (χ1) is 13.5. The molecular weight excluding hydrogens is 442 g/mol. The van der Waals surface area contributed by atoms with Gasteiger partial charge in [-0.3, -0.25) is 14.6 Å². The molecule has 3 rings (SSSR count). The second kappa shape index (κ2) is 9.73. The zero-order chi connectivity index (χ0) is 20.1. The van der Waals surface area contributed by atoms with Crippen LogP contribution in [0.15, 0.2) is 34.1 Å². The van der Waals surface area contributed by atoms with Gasteiger partial charge in [-0.2, -0.15) is 0 Å². The molecule has 2 aromatic rings. The number of halogens is 1. The van der Waals surface area contributed by atoms with Gasteiger partial charge in [0.15, 0.2) is 11.5 Å². The van der Waals surface area contributed by atoms with E-state index in [-0.39, 0.29) is 11.9 Å². The van der Waals surface area contributed by atoms with Crippen molar-refractivity contribution in [1.29, 1.82) is 0 Å². The Morgan fingerprint density at radius 2 is 1.89 bits per heavy atom. The highest BCUT2D eigenvalue weighted by Gasteiger charge is 2.26. The summed E-state index contributed by atoms with van der Waals surface area (Å²) in [5.74, 6) is 1.23. The van der Waals surface area contributed by atoms with Gasteiger partial charge in [0.05, 0.1) is 20.3 Å². The predicted octanol–water partition coefficient (Wildman–Crippen LogP) is 3.67. The zero-order valence-corrected chi connectivity index (χ0v) is 18.8. The van der Waals surface area contributed by atoms with Gasteiger partial charge < -0.3 is 14.8 Å². The van der Waals surface area contributed by atoms with Gasteiger partial charge in [0.2, 0.25) is 5.91 Å². The molecule has 1 unspecified atom stereocenters. The van der Waals surface area contributed by atoms with E-state index in [2.05, 4.69) is 42.5 Å². The lowest BCUT2D eigenvalue weighted by atomic mass is 10.2. The smallest absolute Gasteiger partial charge is 0.241 e. The van der Waals surface area contributed by atoms with E-state index in [1.165, 1.54) is 9.35 Å². The van der Waals surface area contributed by atoms with Crippen molar-refractivity contribution >= 4 is 38.9 Å². The van der Waals surface area contributed by atoms with E-state index in [9.17, 15) is 4.79 Å². The summed E-state index contributed by atoms with van der Waals surface area (Å²) in [5, 5.41) is 5.09. The second-order valence-electron chi connectivity index (χ2n) is 6.74. The molecule has 28 heavy (non-hydrogen) atoms. The highest BCUT2D eigenvalue weighted by molar-refractivity contribution is 9.10. The third-order valence-corrected chi connectivity index (χ3v) is 6.95. The summed E-state index contributed by atoms with van der Waals surface area (Å²) in [4.78, 5) is 18.7. The van der Waals surface area contributed by atoms with Crippen LogP contribution in [0.4, 0.5) is 5.69 Å². The minimum absolute atomic E-state index is 0.0123. The molecule has 2 heterocycles. The van der Waals surface area contributed by atoms with Crippen molar-refractivity contribution < 1.29 is 14.3 Å². The van der Waals surface area contributed by atoms with Crippen molar-refractivity contribution in [3.8, 4) is 11.5 Å². The molecule has 0 saturated carbocycles. The average molecular weight is 468 g/mol. The monoisotopic (exact) mass is 467 g/mol. The first-order valence-corrected chi connectivity index (χ1v) is 10.9. The van der Waals surface area contributed by atoms with Crippen molar-refractivity contribution in [2.75, 3.05) is 45.7 Å². The number of carbonyl (C=O) groups is 1. The van der Waals surface area contributed by atoms with Gasteiger partial charge >= 0.3 is 0 Å². The SMILES string of the molecule is COc1ccc(NC(=O)C(C)N2CCN(Cc3sccc3Br)CC2)cc1OC. The maximum atomic E-state index is 12.7. The van der Waals surface area contributed by atoms with E-state index in [1.54, 1.807) is 37.7 Å². The van der Waals surface area contributed by atoms with E-state index in [0.29, 0.717) is 17.2 Å². The number of nitrogens with zero attached hydrogens (tertiary/aromatic N) is 2. The number of nitrogens with one attached hydrogen (secondary N) is 1. The molecule has 0 radical (unpaired) electrons. The number of carbonyl (C=O) groups excluding carboxylic acids is 1.